The molecule has 1 aliphatic heterocycles. The van der Waals surface area contributed by atoms with Gasteiger partial charge in [-0.15, -0.1) is 0 Å². The first kappa shape index (κ1) is 14.0. The SMILES string of the molecule is CC(C(=O)N(Cc1ccccn1)C(C)C)C1CNC1. The summed E-state index contributed by atoms with van der Waals surface area (Å²) in [6.07, 6.45) is 1.78. The van der Waals surface area contributed by atoms with Crippen LogP contribution in [0.15, 0.2) is 24.4 Å². The summed E-state index contributed by atoms with van der Waals surface area (Å²) >= 11 is 0. The fourth-order valence-corrected chi connectivity index (χ4v) is 2.31. The Morgan fingerprint density at radius 3 is 2.63 bits per heavy atom. The van der Waals surface area contributed by atoms with E-state index >= 15 is 0 Å². The molecule has 2 rings (SSSR count). The first-order valence-electron chi connectivity index (χ1n) is 7.00. The zero-order valence-electron chi connectivity index (χ0n) is 12.0. The van der Waals surface area contributed by atoms with Crippen LogP contribution in [-0.2, 0) is 11.3 Å². The third-order valence-electron chi connectivity index (χ3n) is 3.87. The first-order valence-corrected chi connectivity index (χ1v) is 7.00. The number of rotatable bonds is 5. The van der Waals surface area contributed by atoms with Crippen LogP contribution >= 0.6 is 0 Å². The zero-order chi connectivity index (χ0) is 13.8. The Bertz CT molecular complexity index is 415. The third kappa shape index (κ3) is 3.32. The number of hydrogen-bond acceptors (Lipinski definition) is 3. The zero-order valence-corrected chi connectivity index (χ0v) is 12.0. The van der Waals surface area contributed by atoms with Crippen LogP contribution < -0.4 is 5.32 Å². The third-order valence-corrected chi connectivity index (χ3v) is 3.87. The van der Waals surface area contributed by atoms with Crippen molar-refractivity contribution < 1.29 is 4.79 Å². The molecule has 1 N–H and O–H groups in total. The molecular weight excluding hydrogens is 238 g/mol. The maximum absolute atomic E-state index is 12.6. The van der Waals surface area contributed by atoms with E-state index in [0.29, 0.717) is 12.5 Å². The molecule has 1 aromatic heterocycles. The van der Waals surface area contributed by atoms with Crippen LogP contribution in [0.25, 0.3) is 0 Å². The van der Waals surface area contributed by atoms with Gasteiger partial charge in [0.1, 0.15) is 0 Å². The number of carbonyl (C=O) groups excluding carboxylic acids is 1. The predicted molar refractivity (Wildman–Crippen MR) is 75.4 cm³/mol. The van der Waals surface area contributed by atoms with Crippen molar-refractivity contribution in [2.45, 2.75) is 33.4 Å². The highest BCUT2D eigenvalue weighted by atomic mass is 16.2. The summed E-state index contributed by atoms with van der Waals surface area (Å²) in [5, 5.41) is 3.23. The summed E-state index contributed by atoms with van der Waals surface area (Å²) in [6.45, 7) is 8.69. The van der Waals surface area contributed by atoms with Gasteiger partial charge in [0.2, 0.25) is 5.91 Å². The number of hydrogen-bond donors (Lipinski definition) is 1. The molecule has 0 bridgehead atoms. The van der Waals surface area contributed by atoms with Crippen LogP contribution in [-0.4, -0.2) is 34.9 Å². The minimum absolute atomic E-state index is 0.0902. The van der Waals surface area contributed by atoms with E-state index in [1.54, 1.807) is 6.20 Å². The maximum Gasteiger partial charge on any atom is 0.226 e. The number of pyridine rings is 1. The smallest absolute Gasteiger partial charge is 0.226 e. The molecule has 1 unspecified atom stereocenters. The normalized spacial score (nSPS) is 17.1. The quantitative estimate of drug-likeness (QED) is 0.877. The Hall–Kier alpha value is -1.42. The molecule has 0 radical (unpaired) electrons. The molecule has 2 heterocycles. The minimum Gasteiger partial charge on any atom is -0.334 e. The van der Waals surface area contributed by atoms with Gasteiger partial charge in [0, 0.05) is 18.2 Å². The van der Waals surface area contributed by atoms with Gasteiger partial charge in [0.05, 0.1) is 12.2 Å². The van der Waals surface area contributed by atoms with E-state index in [1.807, 2.05) is 30.0 Å². The summed E-state index contributed by atoms with van der Waals surface area (Å²) in [5.74, 6) is 0.817. The molecule has 104 valence electrons. The van der Waals surface area contributed by atoms with E-state index in [2.05, 4.69) is 24.1 Å². The van der Waals surface area contributed by atoms with Crippen molar-refractivity contribution in [3.63, 3.8) is 0 Å². The second-order valence-corrected chi connectivity index (χ2v) is 5.59. The van der Waals surface area contributed by atoms with Crippen molar-refractivity contribution in [1.29, 1.82) is 0 Å². The summed E-state index contributed by atoms with van der Waals surface area (Å²) in [6, 6.07) is 6.03. The Labute approximate surface area is 115 Å². The van der Waals surface area contributed by atoms with Gasteiger partial charge in [-0.05, 0) is 45.0 Å². The number of carbonyl (C=O) groups is 1. The van der Waals surface area contributed by atoms with Gasteiger partial charge in [-0.25, -0.2) is 0 Å². The Balaban J connectivity index is 2.04. The first-order chi connectivity index (χ1) is 9.09. The Morgan fingerprint density at radius 1 is 1.42 bits per heavy atom. The highest BCUT2D eigenvalue weighted by Gasteiger charge is 2.32. The fraction of sp³-hybridized carbons (Fsp3) is 0.600. The van der Waals surface area contributed by atoms with Gasteiger partial charge in [-0.1, -0.05) is 13.0 Å². The molecule has 1 saturated heterocycles. The van der Waals surface area contributed by atoms with E-state index in [4.69, 9.17) is 0 Å². The highest BCUT2D eigenvalue weighted by Crippen LogP contribution is 2.20. The Morgan fingerprint density at radius 2 is 2.16 bits per heavy atom. The van der Waals surface area contributed by atoms with Crippen molar-refractivity contribution in [3.05, 3.63) is 30.1 Å². The van der Waals surface area contributed by atoms with Crippen molar-refractivity contribution in [3.8, 4) is 0 Å². The van der Waals surface area contributed by atoms with E-state index < -0.39 is 0 Å². The van der Waals surface area contributed by atoms with Crippen molar-refractivity contribution in [1.82, 2.24) is 15.2 Å². The molecule has 1 fully saturated rings. The Kier molecular flexibility index (Phi) is 4.53. The molecule has 1 amide bonds. The van der Waals surface area contributed by atoms with E-state index in [9.17, 15) is 4.79 Å². The average Bonchev–Trinajstić information content (AvgIpc) is 2.34. The van der Waals surface area contributed by atoms with Gasteiger partial charge in [-0.2, -0.15) is 0 Å². The molecule has 0 aliphatic carbocycles. The van der Waals surface area contributed by atoms with E-state index in [1.165, 1.54) is 0 Å². The summed E-state index contributed by atoms with van der Waals surface area (Å²) < 4.78 is 0. The molecule has 1 atom stereocenters. The van der Waals surface area contributed by atoms with Crippen LogP contribution in [0.2, 0.25) is 0 Å². The van der Waals surface area contributed by atoms with Crippen molar-refractivity contribution >= 4 is 5.91 Å². The molecule has 4 heteroatoms. The van der Waals surface area contributed by atoms with Gasteiger partial charge in [-0.3, -0.25) is 9.78 Å². The lowest BCUT2D eigenvalue weighted by Crippen LogP contribution is -2.51. The highest BCUT2D eigenvalue weighted by molar-refractivity contribution is 5.79. The van der Waals surface area contributed by atoms with Crippen molar-refractivity contribution in [2.24, 2.45) is 11.8 Å². The summed E-state index contributed by atoms with van der Waals surface area (Å²) in [4.78, 5) is 18.8. The van der Waals surface area contributed by atoms with Crippen LogP contribution in [0.3, 0.4) is 0 Å². The fourth-order valence-electron chi connectivity index (χ4n) is 2.31. The lowest BCUT2D eigenvalue weighted by molar-refractivity contribution is -0.139. The minimum atomic E-state index is 0.0902. The lowest BCUT2D eigenvalue weighted by atomic mass is 9.87. The van der Waals surface area contributed by atoms with Crippen LogP contribution in [0.4, 0.5) is 0 Å². The molecule has 1 aliphatic rings. The molecule has 19 heavy (non-hydrogen) atoms. The second kappa shape index (κ2) is 6.15. The molecule has 1 aromatic rings. The van der Waals surface area contributed by atoms with Gasteiger partial charge < -0.3 is 10.2 Å². The monoisotopic (exact) mass is 261 g/mol. The van der Waals surface area contributed by atoms with Crippen LogP contribution in [0.1, 0.15) is 26.5 Å². The van der Waals surface area contributed by atoms with Crippen molar-refractivity contribution in [2.75, 3.05) is 13.1 Å². The number of nitrogens with zero attached hydrogens (tertiary/aromatic N) is 2. The lowest BCUT2D eigenvalue weighted by Gasteiger charge is -2.36. The van der Waals surface area contributed by atoms with E-state index in [-0.39, 0.29) is 17.9 Å². The predicted octanol–water partition coefficient (Wildman–Crippen LogP) is 1.67. The van der Waals surface area contributed by atoms with E-state index in [0.717, 1.165) is 18.8 Å². The molecular formula is C15H23N3O. The molecule has 0 aromatic carbocycles. The van der Waals surface area contributed by atoms with Gasteiger partial charge >= 0.3 is 0 Å². The van der Waals surface area contributed by atoms with Gasteiger partial charge in [0.15, 0.2) is 0 Å². The topological polar surface area (TPSA) is 45.2 Å². The number of amides is 1. The number of nitrogens with one attached hydrogen (secondary N) is 1. The van der Waals surface area contributed by atoms with Gasteiger partial charge in [0.25, 0.3) is 0 Å². The molecule has 4 nitrogen and oxygen atoms in total. The van der Waals surface area contributed by atoms with Crippen LogP contribution in [0.5, 0.6) is 0 Å². The standard InChI is InChI=1S/C15H23N3O/c1-11(2)18(10-14-6-4-5-7-17-14)15(19)12(3)13-8-16-9-13/h4-7,11-13,16H,8-10H2,1-3H3. The molecule has 0 spiro atoms. The second-order valence-electron chi connectivity index (χ2n) is 5.59. The average molecular weight is 261 g/mol. The summed E-state index contributed by atoms with van der Waals surface area (Å²) in [7, 11) is 0. The molecule has 0 saturated carbocycles. The van der Waals surface area contributed by atoms with Crippen LogP contribution in [0, 0.1) is 11.8 Å². The number of aromatic nitrogens is 1. The summed E-state index contributed by atoms with van der Waals surface area (Å²) in [5.41, 5.74) is 0.948. The maximum atomic E-state index is 12.6. The largest absolute Gasteiger partial charge is 0.334 e.